The summed E-state index contributed by atoms with van der Waals surface area (Å²) in [5.41, 5.74) is 1.17. The van der Waals surface area contributed by atoms with Gasteiger partial charge in [-0.05, 0) is 31.0 Å². The molecule has 0 fully saturated rings. The van der Waals surface area contributed by atoms with Crippen LogP contribution in [-0.4, -0.2) is 11.9 Å². The molecular weight excluding hydrogens is 275 g/mol. The molecule has 0 radical (unpaired) electrons. The van der Waals surface area contributed by atoms with Gasteiger partial charge in [0.05, 0.1) is 11.6 Å². The Morgan fingerprint density at radius 2 is 2.20 bits per heavy atom. The number of aryl methyl sites for hydroxylation is 1. The van der Waals surface area contributed by atoms with Crippen LogP contribution in [0.25, 0.3) is 0 Å². The molecule has 0 saturated carbocycles. The van der Waals surface area contributed by atoms with Crippen molar-refractivity contribution in [2.75, 3.05) is 11.9 Å². The van der Waals surface area contributed by atoms with E-state index in [1.807, 2.05) is 25.1 Å². The third-order valence-electron chi connectivity index (χ3n) is 2.36. The molecule has 0 N–H and O–H groups in total. The van der Waals surface area contributed by atoms with Crippen molar-refractivity contribution >= 4 is 27.5 Å². The molecule has 15 heavy (non-hydrogen) atoms. The van der Waals surface area contributed by atoms with E-state index in [2.05, 4.69) is 22.9 Å². The molecular formula is C12H16BrClO. The second kappa shape index (κ2) is 6.39. The van der Waals surface area contributed by atoms with Crippen molar-refractivity contribution in [1.29, 1.82) is 0 Å². The molecule has 3 heteroatoms. The number of rotatable bonds is 5. The van der Waals surface area contributed by atoms with Gasteiger partial charge in [-0.1, -0.05) is 40.5 Å². The van der Waals surface area contributed by atoms with Gasteiger partial charge in [0, 0.05) is 11.2 Å². The van der Waals surface area contributed by atoms with Gasteiger partial charge in [-0.15, -0.1) is 0 Å². The Kier molecular flexibility index (Phi) is 5.48. The van der Waals surface area contributed by atoms with Crippen molar-refractivity contribution in [3.05, 3.63) is 28.8 Å². The summed E-state index contributed by atoms with van der Waals surface area (Å²) in [7, 11) is 0. The van der Waals surface area contributed by atoms with E-state index >= 15 is 0 Å². The Hall–Kier alpha value is -0.210. The fourth-order valence-corrected chi connectivity index (χ4v) is 2.02. The van der Waals surface area contributed by atoms with Crippen LogP contribution in [0.2, 0.25) is 5.02 Å². The lowest BCUT2D eigenvalue weighted by molar-refractivity contribution is 0.260. The van der Waals surface area contributed by atoms with Gasteiger partial charge in [0.15, 0.2) is 0 Å². The SMILES string of the molecule is CCC(CBr)COc1cc(C)ccc1Cl. The number of hydrogen-bond donors (Lipinski definition) is 0. The van der Waals surface area contributed by atoms with Crippen molar-refractivity contribution in [2.24, 2.45) is 5.92 Å². The van der Waals surface area contributed by atoms with Crippen LogP contribution in [0.3, 0.4) is 0 Å². The number of alkyl halides is 1. The predicted molar refractivity (Wildman–Crippen MR) is 69.3 cm³/mol. The molecule has 1 aromatic carbocycles. The predicted octanol–water partition coefficient (Wildman–Crippen LogP) is 4.45. The lowest BCUT2D eigenvalue weighted by Crippen LogP contribution is -2.12. The van der Waals surface area contributed by atoms with E-state index in [-0.39, 0.29) is 0 Å². The van der Waals surface area contributed by atoms with Crippen LogP contribution in [0.15, 0.2) is 18.2 Å². The quantitative estimate of drug-likeness (QED) is 0.728. The molecule has 0 amide bonds. The molecule has 0 aromatic heterocycles. The summed E-state index contributed by atoms with van der Waals surface area (Å²) in [5, 5.41) is 1.65. The van der Waals surface area contributed by atoms with E-state index in [1.54, 1.807) is 0 Å². The molecule has 1 aromatic rings. The van der Waals surface area contributed by atoms with Crippen LogP contribution in [0.4, 0.5) is 0 Å². The molecule has 0 spiro atoms. The minimum absolute atomic E-state index is 0.543. The first kappa shape index (κ1) is 12.9. The lowest BCUT2D eigenvalue weighted by atomic mass is 10.1. The Morgan fingerprint density at radius 3 is 2.80 bits per heavy atom. The third-order valence-corrected chi connectivity index (χ3v) is 3.58. The first-order chi connectivity index (χ1) is 7.17. The summed E-state index contributed by atoms with van der Waals surface area (Å²) in [6.45, 7) is 4.91. The maximum absolute atomic E-state index is 6.03. The molecule has 0 aliphatic carbocycles. The molecule has 0 saturated heterocycles. The van der Waals surface area contributed by atoms with Gasteiger partial charge in [-0.3, -0.25) is 0 Å². The monoisotopic (exact) mass is 290 g/mol. The minimum Gasteiger partial charge on any atom is -0.492 e. The third kappa shape index (κ3) is 4.04. The van der Waals surface area contributed by atoms with Crippen LogP contribution in [0, 0.1) is 12.8 Å². The Bertz CT molecular complexity index is 310. The largest absolute Gasteiger partial charge is 0.492 e. The second-order valence-electron chi connectivity index (χ2n) is 3.67. The Morgan fingerprint density at radius 1 is 1.47 bits per heavy atom. The summed E-state index contributed by atoms with van der Waals surface area (Å²) in [5.74, 6) is 1.33. The Balaban J connectivity index is 2.60. The zero-order chi connectivity index (χ0) is 11.3. The summed E-state index contributed by atoms with van der Waals surface area (Å²) >= 11 is 9.50. The highest BCUT2D eigenvalue weighted by Crippen LogP contribution is 2.26. The summed E-state index contributed by atoms with van der Waals surface area (Å²) in [6.07, 6.45) is 1.11. The normalized spacial score (nSPS) is 12.5. The number of ether oxygens (including phenoxy) is 1. The lowest BCUT2D eigenvalue weighted by Gasteiger charge is -2.14. The average Bonchev–Trinajstić information content (AvgIpc) is 2.24. The van der Waals surface area contributed by atoms with Crippen LogP contribution < -0.4 is 4.74 Å². The highest BCUT2D eigenvalue weighted by atomic mass is 79.9. The van der Waals surface area contributed by atoms with Crippen LogP contribution >= 0.6 is 27.5 Å². The standard InChI is InChI=1S/C12H16BrClO/c1-3-10(7-13)8-15-12-6-9(2)4-5-11(12)14/h4-6,10H,3,7-8H2,1-2H3. The highest BCUT2D eigenvalue weighted by molar-refractivity contribution is 9.09. The molecule has 0 aliphatic heterocycles. The molecule has 1 rings (SSSR count). The zero-order valence-electron chi connectivity index (χ0n) is 9.09. The van der Waals surface area contributed by atoms with Gasteiger partial charge >= 0.3 is 0 Å². The first-order valence-corrected chi connectivity index (χ1v) is 6.62. The van der Waals surface area contributed by atoms with Gasteiger partial charge in [0.1, 0.15) is 5.75 Å². The summed E-state index contributed by atoms with van der Waals surface area (Å²) in [4.78, 5) is 0. The van der Waals surface area contributed by atoms with Gasteiger partial charge < -0.3 is 4.74 Å². The minimum atomic E-state index is 0.543. The summed E-state index contributed by atoms with van der Waals surface area (Å²) in [6, 6.07) is 5.83. The van der Waals surface area contributed by atoms with Crippen molar-refractivity contribution in [3.63, 3.8) is 0 Å². The summed E-state index contributed by atoms with van der Waals surface area (Å²) < 4.78 is 5.70. The fraction of sp³-hybridized carbons (Fsp3) is 0.500. The van der Waals surface area contributed by atoms with Gasteiger partial charge in [0.25, 0.3) is 0 Å². The van der Waals surface area contributed by atoms with E-state index in [0.717, 1.165) is 17.5 Å². The number of hydrogen-bond acceptors (Lipinski definition) is 1. The molecule has 0 bridgehead atoms. The smallest absolute Gasteiger partial charge is 0.138 e. The van der Waals surface area contributed by atoms with Crippen molar-refractivity contribution in [2.45, 2.75) is 20.3 Å². The fourth-order valence-electron chi connectivity index (χ4n) is 1.20. The molecule has 1 nitrogen and oxygen atoms in total. The first-order valence-electron chi connectivity index (χ1n) is 5.12. The average molecular weight is 292 g/mol. The van der Waals surface area contributed by atoms with Crippen LogP contribution in [0.1, 0.15) is 18.9 Å². The Labute approximate surface area is 105 Å². The van der Waals surface area contributed by atoms with Gasteiger partial charge in [-0.2, -0.15) is 0 Å². The molecule has 1 unspecified atom stereocenters. The van der Waals surface area contributed by atoms with E-state index in [4.69, 9.17) is 16.3 Å². The molecule has 0 aliphatic rings. The van der Waals surface area contributed by atoms with Crippen molar-refractivity contribution in [3.8, 4) is 5.75 Å². The topological polar surface area (TPSA) is 9.23 Å². The van der Waals surface area contributed by atoms with E-state index in [1.165, 1.54) is 5.56 Å². The highest BCUT2D eigenvalue weighted by Gasteiger charge is 2.07. The number of halogens is 2. The number of benzene rings is 1. The molecule has 1 atom stereocenters. The van der Waals surface area contributed by atoms with E-state index in [9.17, 15) is 0 Å². The van der Waals surface area contributed by atoms with E-state index in [0.29, 0.717) is 17.5 Å². The van der Waals surface area contributed by atoms with Crippen LogP contribution in [0.5, 0.6) is 5.75 Å². The van der Waals surface area contributed by atoms with Gasteiger partial charge in [-0.25, -0.2) is 0 Å². The van der Waals surface area contributed by atoms with E-state index < -0.39 is 0 Å². The van der Waals surface area contributed by atoms with Crippen molar-refractivity contribution in [1.82, 2.24) is 0 Å². The second-order valence-corrected chi connectivity index (χ2v) is 4.73. The van der Waals surface area contributed by atoms with Gasteiger partial charge in [0.2, 0.25) is 0 Å². The maximum Gasteiger partial charge on any atom is 0.138 e. The molecule has 0 heterocycles. The maximum atomic E-state index is 6.03. The zero-order valence-corrected chi connectivity index (χ0v) is 11.4. The van der Waals surface area contributed by atoms with Crippen molar-refractivity contribution < 1.29 is 4.74 Å². The molecule has 84 valence electrons. The van der Waals surface area contributed by atoms with Crippen LogP contribution in [-0.2, 0) is 0 Å².